The SMILES string of the molecule is Cc1ccc(-c2ccc(=O)n(Cc3noc(C(=O)NCc4ccc5c(c4)OCO5)n3)n2)cc1C. The van der Waals surface area contributed by atoms with Crippen LogP contribution in [0.4, 0.5) is 0 Å². The summed E-state index contributed by atoms with van der Waals surface area (Å²) in [6, 6.07) is 14.5. The number of rotatable bonds is 6. The molecule has 1 amide bonds. The molecule has 172 valence electrons. The molecule has 3 heterocycles. The highest BCUT2D eigenvalue weighted by atomic mass is 16.7. The Kier molecular flexibility index (Phi) is 5.54. The molecule has 0 bridgehead atoms. The van der Waals surface area contributed by atoms with Gasteiger partial charge in [-0.15, -0.1) is 0 Å². The van der Waals surface area contributed by atoms with E-state index in [1.54, 1.807) is 18.2 Å². The molecule has 1 aliphatic heterocycles. The number of carbonyl (C=O) groups is 1. The first kappa shape index (κ1) is 21.4. The minimum atomic E-state index is -0.527. The molecular weight excluding hydrogens is 438 g/mol. The smallest absolute Gasteiger partial charge is 0.316 e. The van der Waals surface area contributed by atoms with Gasteiger partial charge in [-0.25, -0.2) is 4.68 Å². The first-order valence-electron chi connectivity index (χ1n) is 10.6. The maximum Gasteiger partial charge on any atom is 0.316 e. The Balaban J connectivity index is 1.27. The van der Waals surface area contributed by atoms with E-state index in [2.05, 4.69) is 20.6 Å². The molecule has 0 saturated carbocycles. The van der Waals surface area contributed by atoms with Gasteiger partial charge in [0.1, 0.15) is 6.54 Å². The van der Waals surface area contributed by atoms with Crippen LogP contribution in [0.2, 0.25) is 0 Å². The number of hydrogen-bond donors (Lipinski definition) is 1. The first-order chi connectivity index (χ1) is 16.5. The molecule has 0 saturated heterocycles. The Morgan fingerprint density at radius 3 is 2.74 bits per heavy atom. The molecular formula is C24H21N5O5. The summed E-state index contributed by atoms with van der Waals surface area (Å²) in [5, 5.41) is 11.0. The molecule has 0 atom stereocenters. The van der Waals surface area contributed by atoms with Gasteiger partial charge in [0.05, 0.1) is 5.69 Å². The fourth-order valence-electron chi connectivity index (χ4n) is 3.47. The number of fused-ring (bicyclic) bond motifs is 1. The van der Waals surface area contributed by atoms with Gasteiger partial charge in [0.2, 0.25) is 6.79 Å². The molecule has 10 heteroatoms. The molecule has 0 unspecified atom stereocenters. The van der Waals surface area contributed by atoms with Gasteiger partial charge in [-0.3, -0.25) is 9.59 Å². The molecule has 0 aliphatic carbocycles. The van der Waals surface area contributed by atoms with Crippen LogP contribution in [0.25, 0.3) is 11.3 Å². The molecule has 4 aromatic rings. The lowest BCUT2D eigenvalue weighted by molar-refractivity contribution is 0.0907. The molecule has 34 heavy (non-hydrogen) atoms. The third-order valence-electron chi connectivity index (χ3n) is 5.51. The Morgan fingerprint density at radius 1 is 1.03 bits per heavy atom. The average molecular weight is 459 g/mol. The Morgan fingerprint density at radius 2 is 1.88 bits per heavy atom. The topological polar surface area (TPSA) is 121 Å². The van der Waals surface area contributed by atoms with Crippen LogP contribution >= 0.6 is 0 Å². The van der Waals surface area contributed by atoms with E-state index < -0.39 is 5.91 Å². The summed E-state index contributed by atoms with van der Waals surface area (Å²) in [6.45, 7) is 4.45. The third-order valence-corrected chi connectivity index (χ3v) is 5.51. The van der Waals surface area contributed by atoms with E-state index in [0.29, 0.717) is 17.2 Å². The van der Waals surface area contributed by atoms with Crippen LogP contribution in [-0.2, 0) is 13.1 Å². The second kappa shape index (κ2) is 8.81. The van der Waals surface area contributed by atoms with Gasteiger partial charge in [-0.2, -0.15) is 10.1 Å². The molecule has 2 aromatic carbocycles. The fourth-order valence-corrected chi connectivity index (χ4v) is 3.47. The van der Waals surface area contributed by atoms with Crippen LogP contribution in [0.5, 0.6) is 11.5 Å². The maximum absolute atomic E-state index is 12.4. The number of carbonyl (C=O) groups excluding carboxylic acids is 1. The molecule has 1 aliphatic rings. The summed E-state index contributed by atoms with van der Waals surface area (Å²) in [5.41, 5.74) is 4.36. The van der Waals surface area contributed by atoms with Gasteiger partial charge in [0, 0.05) is 18.2 Å². The van der Waals surface area contributed by atoms with E-state index in [-0.39, 0.29) is 37.2 Å². The molecule has 5 rings (SSSR count). The molecule has 0 spiro atoms. The van der Waals surface area contributed by atoms with Crippen LogP contribution in [-0.4, -0.2) is 32.6 Å². The van der Waals surface area contributed by atoms with Crippen LogP contribution in [0, 0.1) is 13.8 Å². The standard InChI is InChI=1S/C24H21N5O5/c1-14-3-5-17(9-15(14)2)18-6-8-22(30)29(27-18)12-21-26-24(34-28-21)23(31)25-11-16-4-7-19-20(10-16)33-13-32-19/h3-10H,11-13H2,1-2H3,(H,25,31). The summed E-state index contributed by atoms with van der Waals surface area (Å²) >= 11 is 0. The molecule has 10 nitrogen and oxygen atoms in total. The normalized spacial score (nSPS) is 12.1. The molecule has 1 N–H and O–H groups in total. The quantitative estimate of drug-likeness (QED) is 0.467. The van der Waals surface area contributed by atoms with E-state index in [4.69, 9.17) is 14.0 Å². The van der Waals surface area contributed by atoms with Crippen molar-refractivity contribution in [2.75, 3.05) is 6.79 Å². The summed E-state index contributed by atoms with van der Waals surface area (Å²) in [7, 11) is 0. The van der Waals surface area contributed by atoms with E-state index in [1.165, 1.54) is 16.3 Å². The number of aryl methyl sites for hydroxylation is 2. The third kappa shape index (κ3) is 4.38. The number of nitrogens with zero attached hydrogens (tertiary/aromatic N) is 4. The lowest BCUT2D eigenvalue weighted by Gasteiger charge is -2.07. The van der Waals surface area contributed by atoms with E-state index in [0.717, 1.165) is 16.7 Å². The Hall–Kier alpha value is -4.47. The largest absolute Gasteiger partial charge is 0.454 e. The van der Waals surface area contributed by atoms with Crippen molar-refractivity contribution >= 4 is 5.91 Å². The number of aromatic nitrogens is 4. The fraction of sp³-hybridized carbons (Fsp3) is 0.208. The van der Waals surface area contributed by atoms with Crippen LogP contribution in [0.3, 0.4) is 0 Å². The Labute approximate surface area is 194 Å². The summed E-state index contributed by atoms with van der Waals surface area (Å²) in [4.78, 5) is 28.9. The van der Waals surface area contributed by atoms with E-state index in [1.807, 2.05) is 38.1 Å². The van der Waals surface area contributed by atoms with Gasteiger partial charge in [0.25, 0.3) is 5.56 Å². The van der Waals surface area contributed by atoms with Crippen LogP contribution < -0.4 is 20.3 Å². The van der Waals surface area contributed by atoms with E-state index in [9.17, 15) is 9.59 Å². The molecule has 0 radical (unpaired) electrons. The minimum absolute atomic E-state index is 0.0313. The highest BCUT2D eigenvalue weighted by molar-refractivity contribution is 5.89. The van der Waals surface area contributed by atoms with Crippen LogP contribution in [0.15, 0.2) is 57.8 Å². The number of nitrogens with one attached hydrogen (secondary N) is 1. The summed E-state index contributed by atoms with van der Waals surface area (Å²) < 4.78 is 16.9. The summed E-state index contributed by atoms with van der Waals surface area (Å²) in [5.74, 6) is 0.740. The predicted octanol–water partition coefficient (Wildman–Crippen LogP) is 2.62. The second-order valence-electron chi connectivity index (χ2n) is 7.90. The molecule has 0 fully saturated rings. The highest BCUT2D eigenvalue weighted by Crippen LogP contribution is 2.32. The van der Waals surface area contributed by atoms with E-state index >= 15 is 0 Å². The number of benzene rings is 2. The zero-order chi connectivity index (χ0) is 23.7. The van der Waals surface area contributed by atoms with Gasteiger partial charge in [-0.1, -0.05) is 23.4 Å². The van der Waals surface area contributed by atoms with Gasteiger partial charge in [0.15, 0.2) is 17.3 Å². The Bertz CT molecular complexity index is 1440. The lowest BCUT2D eigenvalue weighted by atomic mass is 10.0. The van der Waals surface area contributed by atoms with Crippen molar-refractivity contribution in [2.24, 2.45) is 0 Å². The van der Waals surface area contributed by atoms with Gasteiger partial charge < -0.3 is 19.3 Å². The van der Waals surface area contributed by atoms with Gasteiger partial charge in [-0.05, 0) is 54.8 Å². The number of amides is 1. The average Bonchev–Trinajstić information content (AvgIpc) is 3.50. The lowest BCUT2D eigenvalue weighted by Crippen LogP contribution is -2.24. The first-order valence-corrected chi connectivity index (χ1v) is 10.6. The van der Waals surface area contributed by atoms with Crippen molar-refractivity contribution in [1.82, 2.24) is 25.2 Å². The minimum Gasteiger partial charge on any atom is -0.454 e. The van der Waals surface area contributed by atoms with Crippen molar-refractivity contribution in [1.29, 1.82) is 0 Å². The maximum atomic E-state index is 12.4. The van der Waals surface area contributed by atoms with Crippen molar-refractivity contribution in [3.05, 3.63) is 87.3 Å². The number of hydrogen-bond acceptors (Lipinski definition) is 8. The van der Waals surface area contributed by atoms with Crippen molar-refractivity contribution in [3.8, 4) is 22.8 Å². The zero-order valence-corrected chi connectivity index (χ0v) is 18.6. The van der Waals surface area contributed by atoms with Crippen molar-refractivity contribution in [3.63, 3.8) is 0 Å². The summed E-state index contributed by atoms with van der Waals surface area (Å²) in [6.07, 6.45) is 0. The monoisotopic (exact) mass is 459 g/mol. The van der Waals surface area contributed by atoms with Crippen molar-refractivity contribution < 1.29 is 18.8 Å². The van der Waals surface area contributed by atoms with Crippen LogP contribution in [0.1, 0.15) is 33.2 Å². The number of ether oxygens (including phenoxy) is 2. The second-order valence-corrected chi connectivity index (χ2v) is 7.90. The predicted molar refractivity (Wildman–Crippen MR) is 121 cm³/mol. The molecule has 2 aromatic heterocycles. The van der Waals surface area contributed by atoms with Crippen molar-refractivity contribution in [2.45, 2.75) is 26.9 Å². The zero-order valence-electron chi connectivity index (χ0n) is 18.6. The highest BCUT2D eigenvalue weighted by Gasteiger charge is 2.18. The van der Waals surface area contributed by atoms with Gasteiger partial charge >= 0.3 is 11.8 Å².